The van der Waals surface area contributed by atoms with E-state index < -0.39 is 16.8 Å². The van der Waals surface area contributed by atoms with Gasteiger partial charge < -0.3 is 10.6 Å². The van der Waals surface area contributed by atoms with Gasteiger partial charge >= 0.3 is 11.9 Å². The Hall–Kier alpha value is -2.92. The van der Waals surface area contributed by atoms with Crippen molar-refractivity contribution in [2.45, 2.75) is 25.1 Å². The molecule has 9 nitrogen and oxygen atoms in total. The molecule has 2 aromatic rings. The second kappa shape index (κ2) is 6.18. The van der Waals surface area contributed by atoms with Gasteiger partial charge in [-0.3, -0.25) is 14.8 Å². The molecule has 134 valence electrons. The molecule has 0 aromatic carbocycles. The van der Waals surface area contributed by atoms with Crippen LogP contribution >= 0.6 is 0 Å². The van der Waals surface area contributed by atoms with Gasteiger partial charge in [0.2, 0.25) is 11.8 Å². The van der Waals surface area contributed by atoms with E-state index >= 15 is 0 Å². The monoisotopic (exact) mass is 357 g/mol. The highest BCUT2D eigenvalue weighted by atomic mass is 19.4. The van der Waals surface area contributed by atoms with Gasteiger partial charge in [0.1, 0.15) is 6.20 Å². The van der Waals surface area contributed by atoms with Crippen LogP contribution in [0.4, 0.5) is 30.6 Å². The third-order valence-electron chi connectivity index (χ3n) is 3.93. The van der Waals surface area contributed by atoms with E-state index in [2.05, 4.69) is 15.1 Å². The van der Waals surface area contributed by atoms with Crippen LogP contribution in [0.5, 0.6) is 0 Å². The highest BCUT2D eigenvalue weighted by Crippen LogP contribution is 2.30. The van der Waals surface area contributed by atoms with Crippen molar-refractivity contribution in [3.63, 3.8) is 0 Å². The Kier molecular flexibility index (Phi) is 4.18. The number of nitrogen functional groups attached to an aromatic ring is 1. The number of aromatic nitrogens is 4. The van der Waals surface area contributed by atoms with Crippen LogP contribution in [-0.4, -0.2) is 37.8 Å². The fourth-order valence-corrected chi connectivity index (χ4v) is 2.72. The predicted octanol–water partition coefficient (Wildman–Crippen LogP) is 2.02. The van der Waals surface area contributed by atoms with Gasteiger partial charge in [0.25, 0.3) is 0 Å². The van der Waals surface area contributed by atoms with Gasteiger partial charge in [0, 0.05) is 19.3 Å². The summed E-state index contributed by atoms with van der Waals surface area (Å²) in [5, 5.41) is 14.4. The molecular formula is C13H14F3N7O2. The van der Waals surface area contributed by atoms with Crippen molar-refractivity contribution in [2.75, 3.05) is 23.7 Å². The summed E-state index contributed by atoms with van der Waals surface area (Å²) in [6.07, 6.45) is -0.835. The van der Waals surface area contributed by atoms with Gasteiger partial charge in [0.15, 0.2) is 5.69 Å². The highest BCUT2D eigenvalue weighted by molar-refractivity contribution is 5.53. The van der Waals surface area contributed by atoms with Crippen LogP contribution in [0.3, 0.4) is 0 Å². The number of hydrogen-bond acceptors (Lipinski definition) is 7. The molecule has 0 amide bonds. The van der Waals surface area contributed by atoms with Crippen LogP contribution in [0.2, 0.25) is 0 Å². The fourth-order valence-electron chi connectivity index (χ4n) is 2.72. The van der Waals surface area contributed by atoms with Crippen LogP contribution in [0.1, 0.15) is 24.6 Å². The Balaban J connectivity index is 1.78. The molecule has 25 heavy (non-hydrogen) atoms. The lowest BCUT2D eigenvalue weighted by Crippen LogP contribution is -2.38. The molecule has 12 heteroatoms. The fraction of sp³-hybridized carbons (Fsp3) is 0.462. The van der Waals surface area contributed by atoms with Crippen molar-refractivity contribution in [3.05, 3.63) is 34.3 Å². The van der Waals surface area contributed by atoms with Crippen LogP contribution in [0.15, 0.2) is 18.5 Å². The molecule has 0 bridgehead atoms. The summed E-state index contributed by atoms with van der Waals surface area (Å²) in [5.41, 5.74) is 4.23. The zero-order chi connectivity index (χ0) is 18.2. The highest BCUT2D eigenvalue weighted by Gasteiger charge is 2.34. The third-order valence-corrected chi connectivity index (χ3v) is 3.93. The van der Waals surface area contributed by atoms with E-state index in [-0.39, 0.29) is 23.5 Å². The van der Waals surface area contributed by atoms with Crippen molar-refractivity contribution in [3.8, 4) is 0 Å². The number of rotatable bonds is 3. The zero-order valence-electron chi connectivity index (χ0n) is 12.8. The second-order valence-corrected chi connectivity index (χ2v) is 5.62. The topological polar surface area (TPSA) is 116 Å². The largest absolute Gasteiger partial charge is 0.435 e. The molecule has 0 radical (unpaired) electrons. The Morgan fingerprint density at radius 3 is 2.76 bits per heavy atom. The number of hydrogen-bond donors (Lipinski definition) is 1. The maximum Gasteiger partial charge on any atom is 0.435 e. The minimum Gasteiger partial charge on any atom is -0.378 e. The first-order valence-electron chi connectivity index (χ1n) is 7.40. The lowest BCUT2D eigenvalue weighted by molar-refractivity contribution is -0.384. The molecule has 1 atom stereocenters. The van der Waals surface area contributed by atoms with E-state index in [0.29, 0.717) is 25.9 Å². The number of nitrogens with zero attached hydrogens (tertiary/aromatic N) is 6. The van der Waals surface area contributed by atoms with Crippen molar-refractivity contribution < 1.29 is 18.1 Å². The maximum absolute atomic E-state index is 12.7. The van der Waals surface area contributed by atoms with E-state index in [1.165, 1.54) is 10.9 Å². The normalized spacial score (nSPS) is 18.4. The Morgan fingerprint density at radius 1 is 1.40 bits per heavy atom. The number of piperidine rings is 1. The van der Waals surface area contributed by atoms with E-state index in [9.17, 15) is 23.3 Å². The molecule has 0 saturated carbocycles. The predicted molar refractivity (Wildman–Crippen MR) is 80.8 cm³/mol. The van der Waals surface area contributed by atoms with Gasteiger partial charge in [-0.1, -0.05) is 0 Å². The van der Waals surface area contributed by atoms with Gasteiger partial charge in [-0.15, -0.1) is 0 Å². The number of halogens is 3. The quantitative estimate of drug-likeness (QED) is 0.660. The first-order valence-corrected chi connectivity index (χ1v) is 7.40. The van der Waals surface area contributed by atoms with Crippen LogP contribution in [-0.2, 0) is 6.18 Å². The minimum absolute atomic E-state index is 0.205. The van der Waals surface area contributed by atoms with Crippen molar-refractivity contribution in [1.82, 2.24) is 19.7 Å². The van der Waals surface area contributed by atoms with Crippen LogP contribution < -0.4 is 10.6 Å². The van der Waals surface area contributed by atoms with Crippen LogP contribution in [0.25, 0.3) is 0 Å². The van der Waals surface area contributed by atoms with Gasteiger partial charge in [-0.25, -0.2) is 4.98 Å². The summed E-state index contributed by atoms with van der Waals surface area (Å²) in [6, 6.07) is 0.643. The first-order chi connectivity index (χ1) is 11.8. The zero-order valence-corrected chi connectivity index (χ0v) is 12.8. The summed E-state index contributed by atoms with van der Waals surface area (Å²) in [4.78, 5) is 19.7. The van der Waals surface area contributed by atoms with E-state index in [4.69, 9.17) is 5.73 Å². The number of nitrogens with two attached hydrogens (primary N) is 1. The Labute approximate surface area is 139 Å². The SMILES string of the molecule is Nc1nc(N2CCCC(n3ccc(C(F)(F)F)n3)C2)ncc1[N+](=O)[O-]. The molecule has 3 heterocycles. The van der Waals surface area contributed by atoms with Gasteiger partial charge in [-0.2, -0.15) is 23.3 Å². The summed E-state index contributed by atoms with van der Waals surface area (Å²) < 4.78 is 39.3. The molecule has 3 rings (SSSR count). The molecule has 0 aliphatic carbocycles. The standard InChI is InChI=1S/C13H14F3N7O2/c14-13(15,16)10-3-5-22(20-10)8-2-1-4-21(7-8)12-18-6-9(23(24)25)11(17)19-12/h3,5-6,8H,1-2,4,7H2,(H2,17,18,19). The summed E-state index contributed by atoms with van der Waals surface area (Å²) in [5.74, 6) is -0.0495. The average Bonchev–Trinajstić information content (AvgIpc) is 3.05. The maximum atomic E-state index is 12.7. The number of anilines is 2. The summed E-state index contributed by atoms with van der Waals surface area (Å²) in [7, 11) is 0. The van der Waals surface area contributed by atoms with Crippen molar-refractivity contribution in [1.29, 1.82) is 0 Å². The second-order valence-electron chi connectivity index (χ2n) is 5.62. The molecule has 2 N–H and O–H groups in total. The first kappa shape index (κ1) is 16.9. The lowest BCUT2D eigenvalue weighted by atomic mass is 10.1. The average molecular weight is 357 g/mol. The molecular weight excluding hydrogens is 343 g/mol. The van der Waals surface area contributed by atoms with E-state index in [1.807, 2.05) is 0 Å². The molecule has 1 aliphatic heterocycles. The third kappa shape index (κ3) is 3.46. The van der Waals surface area contributed by atoms with Crippen molar-refractivity contribution in [2.24, 2.45) is 0 Å². The Bertz CT molecular complexity index is 792. The lowest BCUT2D eigenvalue weighted by Gasteiger charge is -2.32. The van der Waals surface area contributed by atoms with Gasteiger partial charge in [0.05, 0.1) is 11.0 Å². The van der Waals surface area contributed by atoms with Crippen LogP contribution in [0, 0.1) is 10.1 Å². The molecule has 1 aliphatic rings. The van der Waals surface area contributed by atoms with Crippen molar-refractivity contribution >= 4 is 17.5 Å². The summed E-state index contributed by atoms with van der Waals surface area (Å²) >= 11 is 0. The molecule has 1 fully saturated rings. The van der Waals surface area contributed by atoms with E-state index in [0.717, 1.165) is 12.3 Å². The molecule has 1 unspecified atom stereocenters. The number of nitro groups is 1. The minimum atomic E-state index is -4.49. The molecule has 1 saturated heterocycles. The number of alkyl halides is 3. The smallest absolute Gasteiger partial charge is 0.378 e. The Morgan fingerprint density at radius 2 is 2.16 bits per heavy atom. The van der Waals surface area contributed by atoms with E-state index in [1.54, 1.807) is 4.90 Å². The molecule has 0 spiro atoms. The summed E-state index contributed by atoms with van der Waals surface area (Å²) in [6.45, 7) is 0.900. The molecule has 2 aromatic heterocycles. The van der Waals surface area contributed by atoms with Gasteiger partial charge in [-0.05, 0) is 18.9 Å².